The number of hydrogen-bond donors (Lipinski definition) is 2. The molecule has 3 heterocycles. The number of aryl methyl sites for hydroxylation is 2. The van der Waals surface area contributed by atoms with Gasteiger partial charge in [0.2, 0.25) is 15.9 Å². The molecule has 1 saturated heterocycles. The summed E-state index contributed by atoms with van der Waals surface area (Å²) in [5.74, 6) is 1.23. The molecule has 1 aliphatic carbocycles. The molecule has 0 spiro atoms. The van der Waals surface area contributed by atoms with Crippen molar-refractivity contribution in [1.29, 1.82) is 0 Å². The number of sulfonamides is 1. The Morgan fingerprint density at radius 1 is 1.22 bits per heavy atom. The number of hydrogen-bond acceptors (Lipinski definition) is 7. The van der Waals surface area contributed by atoms with Gasteiger partial charge >= 0.3 is 0 Å². The third-order valence-corrected chi connectivity index (χ3v) is 8.01. The molecular formula is C17H26N6O3S. The van der Waals surface area contributed by atoms with E-state index in [9.17, 15) is 8.42 Å². The Morgan fingerprint density at radius 2 is 1.89 bits per heavy atom. The van der Waals surface area contributed by atoms with Gasteiger partial charge in [-0.3, -0.25) is 5.10 Å². The van der Waals surface area contributed by atoms with Crippen LogP contribution in [0.4, 0.5) is 0 Å². The second-order valence-corrected chi connectivity index (χ2v) is 9.64. The van der Waals surface area contributed by atoms with Gasteiger partial charge in [0, 0.05) is 19.0 Å². The lowest BCUT2D eigenvalue weighted by Gasteiger charge is -2.29. The van der Waals surface area contributed by atoms with Crippen molar-refractivity contribution in [2.24, 2.45) is 5.73 Å². The van der Waals surface area contributed by atoms with Gasteiger partial charge in [-0.2, -0.15) is 14.4 Å². The maximum Gasteiger partial charge on any atom is 0.246 e. The Kier molecular flexibility index (Phi) is 4.59. The Balaban J connectivity index is 1.46. The minimum Gasteiger partial charge on any atom is -0.339 e. The zero-order chi connectivity index (χ0) is 19.2. The number of piperidine rings is 1. The van der Waals surface area contributed by atoms with Gasteiger partial charge in [-0.05, 0) is 39.5 Å². The molecule has 3 N–H and O–H groups in total. The zero-order valence-corrected chi connectivity index (χ0v) is 16.5. The average Bonchev–Trinajstić information content (AvgIpc) is 3.36. The van der Waals surface area contributed by atoms with Gasteiger partial charge in [-0.15, -0.1) is 0 Å². The summed E-state index contributed by atoms with van der Waals surface area (Å²) < 4.78 is 32.9. The molecule has 1 saturated carbocycles. The van der Waals surface area contributed by atoms with E-state index in [-0.39, 0.29) is 10.8 Å². The molecule has 0 unspecified atom stereocenters. The van der Waals surface area contributed by atoms with Crippen molar-refractivity contribution in [1.82, 2.24) is 24.6 Å². The highest BCUT2D eigenvalue weighted by Crippen LogP contribution is 2.36. The highest BCUT2D eigenvalue weighted by Gasteiger charge is 2.38. The number of rotatable bonds is 4. The summed E-state index contributed by atoms with van der Waals surface area (Å²) >= 11 is 0. The summed E-state index contributed by atoms with van der Waals surface area (Å²) in [6, 6.07) is 0. The summed E-state index contributed by atoms with van der Waals surface area (Å²) in [5, 5.41) is 10.9. The molecule has 2 fully saturated rings. The van der Waals surface area contributed by atoms with E-state index in [2.05, 4.69) is 20.3 Å². The van der Waals surface area contributed by atoms with Crippen LogP contribution in [0.3, 0.4) is 0 Å². The Bertz CT molecular complexity index is 901. The zero-order valence-electron chi connectivity index (χ0n) is 15.7. The fraction of sp³-hybridized carbons (Fsp3) is 0.706. The van der Waals surface area contributed by atoms with E-state index in [1.54, 1.807) is 13.8 Å². The van der Waals surface area contributed by atoms with E-state index in [4.69, 9.17) is 10.3 Å². The molecule has 10 heteroatoms. The SMILES string of the molecule is Cc1n[nH]c(C)c1S(=O)(=O)N1CCC(c2nc(C3(N)CCCC3)no2)CC1. The molecule has 1 aliphatic heterocycles. The first-order chi connectivity index (χ1) is 12.8. The predicted molar refractivity (Wildman–Crippen MR) is 97.4 cm³/mol. The fourth-order valence-corrected chi connectivity index (χ4v) is 6.03. The summed E-state index contributed by atoms with van der Waals surface area (Å²) in [5.41, 5.74) is 7.00. The van der Waals surface area contributed by atoms with Crippen LogP contribution >= 0.6 is 0 Å². The van der Waals surface area contributed by atoms with Crippen LogP contribution in [0.25, 0.3) is 0 Å². The maximum absolute atomic E-state index is 13.0. The van der Waals surface area contributed by atoms with Crippen LogP contribution in [0.2, 0.25) is 0 Å². The first-order valence-corrected chi connectivity index (χ1v) is 10.9. The first kappa shape index (κ1) is 18.6. The highest BCUT2D eigenvalue weighted by molar-refractivity contribution is 7.89. The van der Waals surface area contributed by atoms with E-state index < -0.39 is 15.6 Å². The quantitative estimate of drug-likeness (QED) is 0.807. The van der Waals surface area contributed by atoms with Crippen molar-refractivity contribution >= 4 is 10.0 Å². The number of aromatic nitrogens is 4. The van der Waals surface area contributed by atoms with Crippen molar-refractivity contribution in [2.45, 2.75) is 68.7 Å². The third kappa shape index (κ3) is 3.19. The lowest BCUT2D eigenvalue weighted by molar-refractivity contribution is 0.268. The third-order valence-electron chi connectivity index (χ3n) is 5.84. The van der Waals surface area contributed by atoms with Gasteiger partial charge in [-0.1, -0.05) is 18.0 Å². The molecule has 0 bridgehead atoms. The normalized spacial score (nSPS) is 21.7. The van der Waals surface area contributed by atoms with E-state index in [1.807, 2.05) is 0 Å². The fourth-order valence-electron chi connectivity index (χ4n) is 4.23. The summed E-state index contributed by atoms with van der Waals surface area (Å²) in [4.78, 5) is 4.85. The molecule has 0 atom stereocenters. The van der Waals surface area contributed by atoms with Crippen molar-refractivity contribution < 1.29 is 12.9 Å². The first-order valence-electron chi connectivity index (χ1n) is 9.46. The molecular weight excluding hydrogens is 368 g/mol. The number of nitrogens with one attached hydrogen (secondary N) is 1. The summed E-state index contributed by atoms with van der Waals surface area (Å²) in [6.45, 7) is 4.27. The molecule has 4 rings (SSSR count). The molecule has 2 aliphatic rings. The number of H-pyrrole nitrogens is 1. The Hall–Kier alpha value is -1.78. The second kappa shape index (κ2) is 6.68. The van der Waals surface area contributed by atoms with Crippen LogP contribution < -0.4 is 5.73 Å². The summed E-state index contributed by atoms with van der Waals surface area (Å²) in [6.07, 6.45) is 5.23. The Labute approximate surface area is 158 Å². The average molecular weight is 395 g/mol. The van der Waals surface area contributed by atoms with Gasteiger partial charge in [0.25, 0.3) is 0 Å². The molecule has 0 amide bonds. The van der Waals surface area contributed by atoms with Gasteiger partial charge in [0.1, 0.15) is 4.90 Å². The van der Waals surface area contributed by atoms with Crippen LogP contribution in [-0.4, -0.2) is 46.2 Å². The van der Waals surface area contributed by atoms with Crippen molar-refractivity contribution in [3.8, 4) is 0 Å². The van der Waals surface area contributed by atoms with Crippen molar-refractivity contribution in [3.05, 3.63) is 23.1 Å². The molecule has 27 heavy (non-hydrogen) atoms. The molecule has 0 radical (unpaired) electrons. The standard InChI is InChI=1S/C17H26N6O3S/c1-11-14(12(2)21-20-11)27(24,25)23-9-5-13(6-10-23)15-19-16(22-26-15)17(18)7-3-4-8-17/h13H,3-10,18H2,1-2H3,(H,20,21). The van der Waals surface area contributed by atoms with Crippen LogP contribution in [-0.2, 0) is 15.6 Å². The van der Waals surface area contributed by atoms with E-state index in [1.165, 1.54) is 4.31 Å². The van der Waals surface area contributed by atoms with Gasteiger partial charge < -0.3 is 10.3 Å². The van der Waals surface area contributed by atoms with E-state index >= 15 is 0 Å². The topological polar surface area (TPSA) is 131 Å². The molecule has 148 valence electrons. The van der Waals surface area contributed by atoms with Gasteiger partial charge in [-0.25, -0.2) is 8.42 Å². The smallest absolute Gasteiger partial charge is 0.246 e. The highest BCUT2D eigenvalue weighted by atomic mass is 32.2. The largest absolute Gasteiger partial charge is 0.339 e. The van der Waals surface area contributed by atoms with Crippen LogP contribution in [0.1, 0.15) is 67.5 Å². The summed E-state index contributed by atoms with van der Waals surface area (Å²) in [7, 11) is -3.55. The number of nitrogens with zero attached hydrogens (tertiary/aromatic N) is 4. The van der Waals surface area contributed by atoms with Crippen LogP contribution in [0.5, 0.6) is 0 Å². The van der Waals surface area contributed by atoms with Crippen molar-refractivity contribution in [2.75, 3.05) is 13.1 Å². The maximum atomic E-state index is 13.0. The Morgan fingerprint density at radius 3 is 2.48 bits per heavy atom. The minimum atomic E-state index is -3.55. The molecule has 2 aromatic rings. The second-order valence-electron chi connectivity index (χ2n) is 7.76. The lowest BCUT2D eigenvalue weighted by atomic mass is 9.97. The molecule has 2 aromatic heterocycles. The monoisotopic (exact) mass is 394 g/mol. The van der Waals surface area contributed by atoms with Crippen molar-refractivity contribution in [3.63, 3.8) is 0 Å². The van der Waals surface area contributed by atoms with Crippen LogP contribution in [0, 0.1) is 13.8 Å². The number of aromatic amines is 1. The lowest BCUT2D eigenvalue weighted by Crippen LogP contribution is -2.38. The van der Waals surface area contributed by atoms with E-state index in [0.717, 1.165) is 25.7 Å². The van der Waals surface area contributed by atoms with Gasteiger partial charge in [0.15, 0.2) is 5.82 Å². The molecule has 0 aromatic carbocycles. The number of nitrogens with two attached hydrogens (primary N) is 1. The van der Waals surface area contributed by atoms with Crippen LogP contribution in [0.15, 0.2) is 9.42 Å². The van der Waals surface area contributed by atoms with Gasteiger partial charge in [0.05, 0.1) is 16.9 Å². The minimum absolute atomic E-state index is 0.0641. The predicted octanol–water partition coefficient (Wildman–Crippen LogP) is 1.71. The molecule has 9 nitrogen and oxygen atoms in total. The van der Waals surface area contributed by atoms with E-state index in [0.29, 0.717) is 49.0 Å².